The number of aliphatic hydroxyl groups is 1. The summed E-state index contributed by atoms with van der Waals surface area (Å²) in [6.07, 6.45) is -0.874. The summed E-state index contributed by atoms with van der Waals surface area (Å²) >= 11 is 0. The molecule has 1 atom stereocenters. The quantitative estimate of drug-likeness (QED) is 0.494. The number of rotatable bonds is 1. The van der Waals surface area contributed by atoms with Crippen LogP contribution in [0, 0.1) is 0 Å². The van der Waals surface area contributed by atoms with Crippen molar-refractivity contribution in [2.24, 2.45) is 0 Å². The van der Waals surface area contributed by atoms with Crippen molar-refractivity contribution in [1.29, 1.82) is 0 Å². The number of hydrogen-bond donors (Lipinski definition) is 2. The van der Waals surface area contributed by atoms with Crippen LogP contribution in [0.2, 0.25) is 0 Å². The maximum Gasteiger partial charge on any atom is 0.257 e. The molecule has 1 unspecified atom stereocenters. The van der Waals surface area contributed by atoms with Crippen LogP contribution in [0.5, 0.6) is 0 Å². The number of nitrogens with one attached hydrogen (secondary N) is 1. The third-order valence-corrected chi connectivity index (χ3v) is 1.63. The van der Waals surface area contributed by atoms with Crippen LogP contribution < -0.4 is 5.32 Å². The average Bonchev–Trinajstić information content (AvgIpc) is 2.07. The monoisotopic (exact) mass is 155 g/mol. The molecule has 0 bridgehead atoms. The molecule has 2 amide bonds. The lowest BCUT2D eigenvalue weighted by molar-refractivity contribution is -0.124. The van der Waals surface area contributed by atoms with Crippen LogP contribution in [0.25, 0.3) is 0 Å². The summed E-state index contributed by atoms with van der Waals surface area (Å²) in [6, 6.07) is 0. The lowest BCUT2D eigenvalue weighted by atomic mass is 10.1. The smallest absolute Gasteiger partial charge is 0.257 e. The highest BCUT2D eigenvalue weighted by atomic mass is 16.3. The zero-order chi connectivity index (χ0) is 8.59. The van der Waals surface area contributed by atoms with Crippen molar-refractivity contribution in [3.05, 3.63) is 11.1 Å². The second-order valence-corrected chi connectivity index (χ2v) is 2.50. The van der Waals surface area contributed by atoms with Gasteiger partial charge in [-0.15, -0.1) is 0 Å². The number of aliphatic hydroxyl groups excluding tert-OH is 1. The van der Waals surface area contributed by atoms with Crippen LogP contribution in [0.4, 0.5) is 0 Å². The molecule has 0 aliphatic carbocycles. The van der Waals surface area contributed by atoms with Crippen LogP contribution in [0.1, 0.15) is 13.8 Å². The predicted molar refractivity (Wildman–Crippen MR) is 37.5 cm³/mol. The Morgan fingerprint density at radius 2 is 1.91 bits per heavy atom. The second kappa shape index (κ2) is 2.47. The van der Waals surface area contributed by atoms with Gasteiger partial charge in [0.05, 0.1) is 11.7 Å². The molecule has 0 aromatic rings. The Balaban J connectivity index is 3.07. The minimum atomic E-state index is -0.874. The summed E-state index contributed by atoms with van der Waals surface area (Å²) in [4.78, 5) is 21.7. The highest BCUT2D eigenvalue weighted by Gasteiger charge is 2.29. The standard InChI is InChI=1S/C7H9NO3/c1-3-5(4(2)9)7(11)8-6(3)10/h4,9H,1-2H3,(H,8,10,11). The van der Waals surface area contributed by atoms with E-state index in [2.05, 4.69) is 5.32 Å². The van der Waals surface area contributed by atoms with Crippen molar-refractivity contribution >= 4 is 11.8 Å². The molecule has 11 heavy (non-hydrogen) atoms. The molecule has 60 valence electrons. The third kappa shape index (κ3) is 1.17. The molecule has 1 heterocycles. The third-order valence-electron chi connectivity index (χ3n) is 1.63. The Morgan fingerprint density at radius 1 is 1.36 bits per heavy atom. The number of imide groups is 1. The SMILES string of the molecule is CC1=C(C(C)O)C(=O)NC1=O. The molecule has 2 N–H and O–H groups in total. The van der Waals surface area contributed by atoms with E-state index in [1.165, 1.54) is 13.8 Å². The van der Waals surface area contributed by atoms with Gasteiger partial charge in [-0.05, 0) is 13.8 Å². The Labute approximate surface area is 63.9 Å². The molecule has 0 aromatic carbocycles. The molecule has 0 spiro atoms. The largest absolute Gasteiger partial charge is 0.388 e. The second-order valence-electron chi connectivity index (χ2n) is 2.50. The fourth-order valence-electron chi connectivity index (χ4n) is 1.06. The molecule has 1 aliphatic rings. The van der Waals surface area contributed by atoms with Crippen molar-refractivity contribution in [2.75, 3.05) is 0 Å². The van der Waals surface area contributed by atoms with Crippen molar-refractivity contribution < 1.29 is 14.7 Å². The lowest BCUT2D eigenvalue weighted by Crippen LogP contribution is -2.25. The van der Waals surface area contributed by atoms with Gasteiger partial charge < -0.3 is 5.11 Å². The first-order chi connectivity index (χ1) is 5.04. The highest BCUT2D eigenvalue weighted by Crippen LogP contribution is 2.14. The number of hydrogen-bond acceptors (Lipinski definition) is 3. The summed E-state index contributed by atoms with van der Waals surface area (Å²) in [6.45, 7) is 2.97. The number of carbonyl (C=O) groups excluding carboxylic acids is 2. The first kappa shape index (κ1) is 7.94. The highest BCUT2D eigenvalue weighted by molar-refractivity contribution is 6.19. The molecule has 1 rings (SSSR count). The summed E-state index contributed by atoms with van der Waals surface area (Å²) in [5.41, 5.74) is 0.486. The van der Waals surface area contributed by atoms with Crippen LogP contribution in [-0.2, 0) is 9.59 Å². The van der Waals surface area contributed by atoms with Gasteiger partial charge in [-0.1, -0.05) is 0 Å². The topological polar surface area (TPSA) is 66.4 Å². The van der Waals surface area contributed by atoms with Crippen molar-refractivity contribution in [1.82, 2.24) is 5.32 Å². The maximum absolute atomic E-state index is 10.9. The van der Waals surface area contributed by atoms with Crippen molar-refractivity contribution in [3.63, 3.8) is 0 Å². The fraction of sp³-hybridized carbons (Fsp3) is 0.429. The van der Waals surface area contributed by atoms with E-state index >= 15 is 0 Å². The van der Waals surface area contributed by atoms with Crippen molar-refractivity contribution in [3.8, 4) is 0 Å². The molecule has 0 radical (unpaired) electrons. The molecular weight excluding hydrogens is 146 g/mol. The van der Waals surface area contributed by atoms with E-state index in [1.54, 1.807) is 0 Å². The summed E-state index contributed by atoms with van der Waals surface area (Å²) in [5, 5.41) is 11.1. The maximum atomic E-state index is 10.9. The van der Waals surface area contributed by atoms with E-state index in [1.807, 2.05) is 0 Å². The summed E-state index contributed by atoms with van der Waals surface area (Å²) in [7, 11) is 0. The van der Waals surface area contributed by atoms with Gasteiger partial charge in [-0.3, -0.25) is 14.9 Å². The lowest BCUT2D eigenvalue weighted by Gasteiger charge is -2.01. The van der Waals surface area contributed by atoms with Gasteiger partial charge in [0.1, 0.15) is 0 Å². The number of amides is 2. The fourth-order valence-corrected chi connectivity index (χ4v) is 1.06. The molecular formula is C7H9NO3. The Morgan fingerprint density at radius 3 is 2.09 bits per heavy atom. The molecule has 0 saturated carbocycles. The average molecular weight is 155 g/mol. The summed E-state index contributed by atoms with van der Waals surface area (Å²) < 4.78 is 0. The van der Waals surface area contributed by atoms with E-state index in [9.17, 15) is 9.59 Å². The Hall–Kier alpha value is -1.16. The van der Waals surface area contributed by atoms with E-state index in [0.717, 1.165) is 0 Å². The molecule has 4 nitrogen and oxygen atoms in total. The Bertz CT molecular complexity index is 252. The first-order valence-corrected chi connectivity index (χ1v) is 3.28. The van der Waals surface area contributed by atoms with E-state index < -0.39 is 17.9 Å². The molecule has 1 aliphatic heterocycles. The van der Waals surface area contributed by atoms with Gasteiger partial charge in [0, 0.05) is 5.57 Å². The number of carbonyl (C=O) groups is 2. The minimum Gasteiger partial charge on any atom is -0.388 e. The molecule has 0 fully saturated rings. The van der Waals surface area contributed by atoms with Gasteiger partial charge in [0.25, 0.3) is 11.8 Å². The van der Waals surface area contributed by atoms with E-state index in [4.69, 9.17) is 5.11 Å². The van der Waals surface area contributed by atoms with Crippen LogP contribution in [0.15, 0.2) is 11.1 Å². The normalized spacial score (nSPS) is 20.6. The molecule has 4 heteroatoms. The molecule has 0 aromatic heterocycles. The van der Waals surface area contributed by atoms with Crippen LogP contribution in [0.3, 0.4) is 0 Å². The zero-order valence-electron chi connectivity index (χ0n) is 6.34. The molecule has 0 saturated heterocycles. The Kier molecular flexibility index (Phi) is 1.78. The van der Waals surface area contributed by atoms with Gasteiger partial charge >= 0.3 is 0 Å². The van der Waals surface area contributed by atoms with Gasteiger partial charge in [0.2, 0.25) is 0 Å². The first-order valence-electron chi connectivity index (χ1n) is 3.28. The van der Waals surface area contributed by atoms with Gasteiger partial charge in [-0.2, -0.15) is 0 Å². The van der Waals surface area contributed by atoms with Crippen molar-refractivity contribution in [2.45, 2.75) is 20.0 Å². The summed E-state index contributed by atoms with van der Waals surface area (Å²) in [5.74, 6) is -0.895. The van der Waals surface area contributed by atoms with Gasteiger partial charge in [-0.25, -0.2) is 0 Å². The van der Waals surface area contributed by atoms with E-state index in [0.29, 0.717) is 5.57 Å². The van der Waals surface area contributed by atoms with E-state index in [-0.39, 0.29) is 5.57 Å². The van der Waals surface area contributed by atoms with Crippen LogP contribution >= 0.6 is 0 Å². The zero-order valence-corrected chi connectivity index (χ0v) is 6.34. The van der Waals surface area contributed by atoms with Crippen LogP contribution in [-0.4, -0.2) is 23.0 Å². The minimum absolute atomic E-state index is 0.176. The van der Waals surface area contributed by atoms with Gasteiger partial charge in [0.15, 0.2) is 0 Å². The predicted octanol–water partition coefficient (Wildman–Crippen LogP) is -0.660.